The van der Waals surface area contributed by atoms with Crippen molar-refractivity contribution in [1.29, 1.82) is 0 Å². The van der Waals surface area contributed by atoms with Gasteiger partial charge in [0.15, 0.2) is 0 Å². The van der Waals surface area contributed by atoms with Gasteiger partial charge in [-0.2, -0.15) is 0 Å². The summed E-state index contributed by atoms with van der Waals surface area (Å²) in [5.74, 6) is 2.26. The molecule has 0 unspecified atom stereocenters. The van der Waals surface area contributed by atoms with Crippen LogP contribution in [-0.4, -0.2) is 11.3 Å². The minimum Gasteiger partial charge on any atom is -0.458 e. The Hall–Kier alpha value is -6.00. The van der Waals surface area contributed by atoms with Gasteiger partial charge in [-0.15, -0.1) is 0 Å². The van der Waals surface area contributed by atoms with E-state index in [1.54, 1.807) is 0 Å². The number of nitrogens with zero attached hydrogens (tertiary/aromatic N) is 2. The highest BCUT2D eigenvalue weighted by Gasteiger charge is 2.33. The van der Waals surface area contributed by atoms with Crippen molar-refractivity contribution in [3.05, 3.63) is 175 Å². The highest BCUT2D eigenvalue weighted by atomic mass is 16.5. The van der Waals surface area contributed by atoms with Gasteiger partial charge in [-0.3, -0.25) is 0 Å². The number of ether oxygens (including phenoxy) is 1. The molecular formula is C45H35BN2O. The maximum atomic E-state index is 6.81. The summed E-state index contributed by atoms with van der Waals surface area (Å²) in [5.41, 5.74) is 11.7. The van der Waals surface area contributed by atoms with Crippen molar-refractivity contribution in [3.8, 4) is 17.2 Å². The van der Waals surface area contributed by atoms with E-state index in [-0.39, 0.29) is 6.71 Å². The molecule has 0 N–H and O–H groups in total. The van der Waals surface area contributed by atoms with Crippen LogP contribution in [0.5, 0.6) is 11.5 Å². The summed E-state index contributed by atoms with van der Waals surface area (Å²) in [7, 11) is 0. The number of para-hydroxylation sites is 3. The second-order valence-corrected chi connectivity index (χ2v) is 13.2. The lowest BCUT2D eigenvalue weighted by atomic mass is 9.36. The molecule has 0 saturated carbocycles. The van der Waals surface area contributed by atoms with E-state index >= 15 is 0 Å². The third-order valence-corrected chi connectivity index (χ3v) is 9.88. The van der Waals surface area contributed by atoms with Crippen LogP contribution in [0.3, 0.4) is 0 Å². The summed E-state index contributed by atoms with van der Waals surface area (Å²) in [6.45, 7) is 4.56. The first-order valence-electron chi connectivity index (χ1n) is 17.1. The Morgan fingerprint density at radius 2 is 1.10 bits per heavy atom. The monoisotopic (exact) mass is 630 g/mol. The van der Waals surface area contributed by atoms with E-state index in [1.807, 2.05) is 0 Å². The van der Waals surface area contributed by atoms with Crippen LogP contribution in [-0.2, 0) is 0 Å². The topological polar surface area (TPSA) is 17.4 Å². The molecule has 0 bridgehead atoms. The number of aromatic nitrogens is 1. The summed E-state index contributed by atoms with van der Waals surface area (Å²) < 4.78 is 9.19. The van der Waals surface area contributed by atoms with Crippen LogP contribution in [0.15, 0.2) is 170 Å². The molecule has 0 aliphatic carbocycles. The predicted molar refractivity (Wildman–Crippen MR) is 207 cm³/mol. The number of hydrogen-bond donors (Lipinski definition) is 0. The van der Waals surface area contributed by atoms with E-state index in [0.29, 0.717) is 5.92 Å². The molecule has 0 amide bonds. The van der Waals surface area contributed by atoms with Crippen molar-refractivity contribution < 1.29 is 4.74 Å². The Balaban J connectivity index is 1.21. The van der Waals surface area contributed by atoms with Gasteiger partial charge in [0, 0.05) is 39.6 Å². The van der Waals surface area contributed by atoms with Crippen LogP contribution < -0.4 is 26.0 Å². The Morgan fingerprint density at radius 1 is 0.510 bits per heavy atom. The van der Waals surface area contributed by atoms with E-state index in [1.165, 1.54) is 38.2 Å². The van der Waals surface area contributed by atoms with Crippen LogP contribution in [0.25, 0.3) is 27.5 Å². The van der Waals surface area contributed by atoms with Crippen molar-refractivity contribution in [2.24, 2.45) is 0 Å². The fraction of sp³-hybridized carbons (Fsp3) is 0.0667. The average molecular weight is 631 g/mol. The third kappa shape index (κ3) is 5.00. The Bertz CT molecular complexity index is 2410. The van der Waals surface area contributed by atoms with Crippen LogP contribution in [0.2, 0.25) is 0 Å². The summed E-state index contributed by atoms with van der Waals surface area (Å²) in [6.07, 6.45) is 0. The minimum atomic E-state index is 0.0953. The van der Waals surface area contributed by atoms with E-state index in [2.05, 4.69) is 193 Å². The standard InChI is InChI=1S/C45H35BN2O/c1-31(2)32-22-25-40-44(28-32)49-45-30-37(23-26-41(45)46(40)33-14-6-3-7-15-33)48-42-21-13-12-20-38(42)39-29-36(24-27-43(39)48)47(34-16-8-4-9-17-34)35-18-10-5-11-19-35/h3-31H,1-2H3. The number of anilines is 3. The summed E-state index contributed by atoms with van der Waals surface area (Å²) in [5, 5.41) is 2.42. The van der Waals surface area contributed by atoms with E-state index < -0.39 is 0 Å². The molecule has 3 nitrogen and oxygen atoms in total. The quantitative estimate of drug-likeness (QED) is 0.170. The molecule has 2 heterocycles. The van der Waals surface area contributed by atoms with Crippen molar-refractivity contribution in [1.82, 2.24) is 4.57 Å². The van der Waals surface area contributed by atoms with Crippen molar-refractivity contribution in [2.75, 3.05) is 4.90 Å². The highest BCUT2D eigenvalue weighted by Crippen LogP contribution is 2.40. The van der Waals surface area contributed by atoms with E-state index in [9.17, 15) is 0 Å². The molecule has 8 aromatic rings. The number of fused-ring (bicyclic) bond motifs is 5. The van der Waals surface area contributed by atoms with Crippen molar-refractivity contribution in [3.63, 3.8) is 0 Å². The van der Waals surface area contributed by atoms with Gasteiger partial charge < -0.3 is 14.2 Å². The molecule has 0 atom stereocenters. The summed E-state index contributed by atoms with van der Waals surface area (Å²) in [4.78, 5) is 2.32. The van der Waals surface area contributed by atoms with Gasteiger partial charge in [0.1, 0.15) is 11.5 Å². The zero-order valence-electron chi connectivity index (χ0n) is 27.6. The fourth-order valence-corrected chi connectivity index (χ4v) is 7.50. The first-order valence-corrected chi connectivity index (χ1v) is 17.1. The fourth-order valence-electron chi connectivity index (χ4n) is 7.50. The van der Waals surface area contributed by atoms with Gasteiger partial charge in [0.25, 0.3) is 6.71 Å². The first-order chi connectivity index (χ1) is 24.1. The van der Waals surface area contributed by atoms with Crippen LogP contribution in [0, 0.1) is 0 Å². The molecule has 1 aromatic heterocycles. The normalized spacial score (nSPS) is 12.2. The SMILES string of the molecule is CC(C)c1ccc2c(c1)Oc1cc(-n3c4ccccc4c4cc(N(c5ccccc5)c5ccccc5)ccc43)ccc1B2c1ccccc1. The van der Waals surface area contributed by atoms with Gasteiger partial charge in [0.2, 0.25) is 0 Å². The number of benzene rings is 7. The Kier molecular flexibility index (Phi) is 7.09. The molecule has 4 heteroatoms. The Morgan fingerprint density at radius 3 is 1.80 bits per heavy atom. The van der Waals surface area contributed by atoms with Crippen LogP contribution >= 0.6 is 0 Å². The molecule has 9 rings (SSSR count). The molecule has 234 valence electrons. The molecule has 1 aliphatic rings. The lowest BCUT2D eigenvalue weighted by Crippen LogP contribution is -2.54. The Labute approximate surface area is 287 Å². The second kappa shape index (κ2) is 11.9. The molecule has 0 spiro atoms. The molecule has 0 saturated heterocycles. The second-order valence-electron chi connectivity index (χ2n) is 13.2. The summed E-state index contributed by atoms with van der Waals surface area (Å²) in [6, 6.07) is 61.0. The van der Waals surface area contributed by atoms with Gasteiger partial charge >= 0.3 is 0 Å². The lowest BCUT2D eigenvalue weighted by Gasteiger charge is -2.28. The van der Waals surface area contributed by atoms with Gasteiger partial charge in [-0.05, 0) is 83.1 Å². The zero-order chi connectivity index (χ0) is 32.9. The third-order valence-electron chi connectivity index (χ3n) is 9.88. The first kappa shape index (κ1) is 29.2. The largest absolute Gasteiger partial charge is 0.458 e. The van der Waals surface area contributed by atoms with Gasteiger partial charge in [0.05, 0.1) is 11.0 Å². The minimum absolute atomic E-state index is 0.0953. The average Bonchev–Trinajstić information content (AvgIpc) is 3.48. The molecule has 49 heavy (non-hydrogen) atoms. The molecule has 0 fully saturated rings. The number of rotatable bonds is 6. The predicted octanol–water partition coefficient (Wildman–Crippen LogP) is 10.00. The van der Waals surface area contributed by atoms with E-state index in [4.69, 9.17) is 4.74 Å². The molecule has 7 aromatic carbocycles. The molecular weight excluding hydrogens is 595 g/mol. The van der Waals surface area contributed by atoms with Gasteiger partial charge in [-0.25, -0.2) is 0 Å². The molecule has 1 aliphatic heterocycles. The number of hydrogen-bond acceptors (Lipinski definition) is 2. The van der Waals surface area contributed by atoms with Crippen LogP contribution in [0.1, 0.15) is 25.3 Å². The van der Waals surface area contributed by atoms with Gasteiger partial charge in [-0.1, -0.05) is 122 Å². The lowest BCUT2D eigenvalue weighted by molar-refractivity contribution is 0.486. The maximum Gasteiger partial charge on any atom is 0.250 e. The van der Waals surface area contributed by atoms with Crippen molar-refractivity contribution in [2.45, 2.75) is 19.8 Å². The van der Waals surface area contributed by atoms with Crippen molar-refractivity contribution >= 4 is 62.0 Å². The maximum absolute atomic E-state index is 6.81. The van der Waals surface area contributed by atoms with Crippen LogP contribution in [0.4, 0.5) is 17.1 Å². The summed E-state index contributed by atoms with van der Waals surface area (Å²) >= 11 is 0. The smallest absolute Gasteiger partial charge is 0.250 e. The zero-order valence-corrected chi connectivity index (χ0v) is 27.6. The highest BCUT2D eigenvalue weighted by molar-refractivity contribution is 6.96. The molecule has 0 radical (unpaired) electrons. The van der Waals surface area contributed by atoms with E-state index in [0.717, 1.165) is 39.8 Å².